The Morgan fingerprint density at radius 2 is 1.92 bits per heavy atom. The molecule has 7 heteroatoms. The number of rotatable bonds is 4. The second-order valence-corrected chi connectivity index (χ2v) is 7.29. The van der Waals surface area contributed by atoms with Crippen molar-refractivity contribution in [1.82, 2.24) is 29.4 Å². The van der Waals surface area contributed by atoms with Gasteiger partial charge in [-0.15, -0.1) is 11.3 Å². The summed E-state index contributed by atoms with van der Waals surface area (Å²) in [5, 5.41) is 2.14. The van der Waals surface area contributed by atoms with Crippen LogP contribution in [0, 0.1) is 6.92 Å². The second-order valence-electron chi connectivity index (χ2n) is 6.57. The lowest BCUT2D eigenvalue weighted by Gasteiger charge is -2.31. The molecule has 3 aromatic heterocycles. The zero-order chi connectivity index (χ0) is 17.2. The Labute approximate surface area is 151 Å². The molecule has 0 N–H and O–H groups in total. The van der Waals surface area contributed by atoms with Crippen LogP contribution >= 0.6 is 11.3 Å². The van der Waals surface area contributed by atoms with E-state index in [4.69, 9.17) is 4.98 Å². The highest BCUT2D eigenvalue weighted by Gasteiger charge is 2.26. The highest BCUT2D eigenvalue weighted by molar-refractivity contribution is 7.07. The number of piperidine rings is 1. The standard InChI is InChI=1S/C18H22N6S/c1-13-21-9-16(23(13)2)18-17(19-5-6-20-18)14-3-7-24(8-4-14)10-15-11-25-12-22-15/h5-6,9,11-12,14H,3-4,7-8,10H2,1-2H3. The molecule has 0 radical (unpaired) electrons. The molecule has 130 valence electrons. The Morgan fingerprint density at radius 1 is 1.12 bits per heavy atom. The molecule has 0 aromatic carbocycles. The van der Waals surface area contributed by atoms with E-state index in [2.05, 4.69) is 29.8 Å². The van der Waals surface area contributed by atoms with Gasteiger partial charge in [0, 0.05) is 37.3 Å². The van der Waals surface area contributed by atoms with Crippen LogP contribution in [0.15, 0.2) is 29.5 Å². The van der Waals surface area contributed by atoms with E-state index in [1.54, 1.807) is 17.5 Å². The SMILES string of the molecule is Cc1ncc(-c2nccnc2C2CCN(Cc3cscn3)CC2)n1C. The number of hydrogen-bond acceptors (Lipinski definition) is 6. The molecule has 1 saturated heterocycles. The van der Waals surface area contributed by atoms with E-state index < -0.39 is 0 Å². The Bertz CT molecular complexity index is 833. The van der Waals surface area contributed by atoms with E-state index >= 15 is 0 Å². The summed E-state index contributed by atoms with van der Waals surface area (Å²) in [6, 6.07) is 0. The number of likely N-dealkylation sites (tertiary alicyclic amines) is 1. The van der Waals surface area contributed by atoms with Crippen molar-refractivity contribution in [2.75, 3.05) is 13.1 Å². The lowest BCUT2D eigenvalue weighted by atomic mass is 9.91. The first-order chi connectivity index (χ1) is 12.2. The van der Waals surface area contributed by atoms with E-state index in [-0.39, 0.29) is 0 Å². The third-order valence-corrected chi connectivity index (χ3v) is 5.67. The lowest BCUT2D eigenvalue weighted by Crippen LogP contribution is -2.33. The van der Waals surface area contributed by atoms with Gasteiger partial charge in [0.1, 0.15) is 11.5 Å². The minimum absolute atomic E-state index is 0.450. The maximum atomic E-state index is 4.70. The van der Waals surface area contributed by atoms with Gasteiger partial charge >= 0.3 is 0 Å². The van der Waals surface area contributed by atoms with E-state index in [9.17, 15) is 0 Å². The molecule has 25 heavy (non-hydrogen) atoms. The van der Waals surface area contributed by atoms with Crippen LogP contribution in [0.4, 0.5) is 0 Å². The zero-order valence-electron chi connectivity index (χ0n) is 14.6. The highest BCUT2D eigenvalue weighted by Crippen LogP contribution is 2.33. The highest BCUT2D eigenvalue weighted by atomic mass is 32.1. The first-order valence-corrected chi connectivity index (χ1v) is 9.55. The average Bonchev–Trinajstić information content (AvgIpc) is 3.27. The molecule has 0 bridgehead atoms. The van der Waals surface area contributed by atoms with Gasteiger partial charge in [-0.05, 0) is 32.9 Å². The van der Waals surface area contributed by atoms with E-state index in [1.807, 2.05) is 31.9 Å². The number of thiazole rings is 1. The largest absolute Gasteiger partial charge is 0.330 e. The van der Waals surface area contributed by atoms with Crippen molar-refractivity contribution in [3.8, 4) is 11.4 Å². The average molecular weight is 354 g/mol. The number of aromatic nitrogens is 5. The third-order valence-electron chi connectivity index (χ3n) is 5.03. The predicted octanol–water partition coefficient (Wildman–Crippen LogP) is 3.02. The second kappa shape index (κ2) is 7.01. The number of nitrogens with zero attached hydrogens (tertiary/aromatic N) is 6. The summed E-state index contributed by atoms with van der Waals surface area (Å²) in [4.78, 5) is 20.6. The quantitative estimate of drug-likeness (QED) is 0.721. The molecule has 4 rings (SSSR count). The Kier molecular flexibility index (Phi) is 4.59. The van der Waals surface area contributed by atoms with Crippen molar-refractivity contribution in [2.24, 2.45) is 7.05 Å². The Morgan fingerprint density at radius 3 is 2.60 bits per heavy atom. The summed E-state index contributed by atoms with van der Waals surface area (Å²) < 4.78 is 2.09. The summed E-state index contributed by atoms with van der Waals surface area (Å²) >= 11 is 1.66. The summed E-state index contributed by atoms with van der Waals surface area (Å²) in [6.45, 7) is 5.10. The molecule has 0 saturated carbocycles. The fourth-order valence-electron chi connectivity index (χ4n) is 3.48. The summed E-state index contributed by atoms with van der Waals surface area (Å²) in [5.41, 5.74) is 6.21. The Balaban J connectivity index is 1.51. The smallest absolute Gasteiger partial charge is 0.110 e. The normalized spacial score (nSPS) is 16.4. The molecule has 0 aliphatic carbocycles. The predicted molar refractivity (Wildman–Crippen MR) is 98.3 cm³/mol. The molecular formula is C18H22N6S. The van der Waals surface area contributed by atoms with Crippen LogP contribution in [0.1, 0.15) is 36.0 Å². The number of imidazole rings is 1. The third kappa shape index (κ3) is 3.34. The maximum Gasteiger partial charge on any atom is 0.110 e. The van der Waals surface area contributed by atoms with Crippen molar-refractivity contribution in [2.45, 2.75) is 32.2 Å². The molecule has 0 spiro atoms. The Hall–Kier alpha value is -2.12. The zero-order valence-corrected chi connectivity index (χ0v) is 15.4. The number of hydrogen-bond donors (Lipinski definition) is 0. The van der Waals surface area contributed by atoms with Crippen LogP contribution in [0.25, 0.3) is 11.4 Å². The van der Waals surface area contributed by atoms with Gasteiger partial charge in [-0.2, -0.15) is 0 Å². The van der Waals surface area contributed by atoms with Gasteiger partial charge in [0.15, 0.2) is 0 Å². The van der Waals surface area contributed by atoms with Gasteiger partial charge in [-0.1, -0.05) is 0 Å². The monoisotopic (exact) mass is 354 g/mol. The van der Waals surface area contributed by atoms with Gasteiger partial charge in [0.25, 0.3) is 0 Å². The van der Waals surface area contributed by atoms with Gasteiger partial charge in [0.05, 0.1) is 28.8 Å². The van der Waals surface area contributed by atoms with Gasteiger partial charge in [0.2, 0.25) is 0 Å². The molecule has 1 aliphatic rings. The van der Waals surface area contributed by atoms with Gasteiger partial charge in [-0.3, -0.25) is 14.9 Å². The summed E-state index contributed by atoms with van der Waals surface area (Å²) in [7, 11) is 2.03. The molecule has 6 nitrogen and oxygen atoms in total. The van der Waals surface area contributed by atoms with Crippen molar-refractivity contribution < 1.29 is 0 Å². The van der Waals surface area contributed by atoms with E-state index in [1.165, 1.54) is 5.69 Å². The molecular weight excluding hydrogens is 332 g/mol. The molecule has 0 unspecified atom stereocenters. The molecule has 1 aliphatic heterocycles. The van der Waals surface area contributed by atoms with Crippen LogP contribution in [0.2, 0.25) is 0 Å². The van der Waals surface area contributed by atoms with Gasteiger partial charge < -0.3 is 4.57 Å². The fourth-order valence-corrected chi connectivity index (χ4v) is 4.03. The molecule has 4 heterocycles. The molecule has 3 aromatic rings. The van der Waals surface area contributed by atoms with Crippen molar-refractivity contribution in [1.29, 1.82) is 0 Å². The minimum Gasteiger partial charge on any atom is -0.330 e. The first kappa shape index (κ1) is 16.4. The summed E-state index contributed by atoms with van der Waals surface area (Å²) in [5.74, 6) is 1.44. The van der Waals surface area contributed by atoms with E-state index in [0.717, 1.165) is 55.4 Å². The molecule has 0 amide bonds. The fraction of sp³-hybridized carbons (Fsp3) is 0.444. The summed E-state index contributed by atoms with van der Waals surface area (Å²) in [6.07, 6.45) is 7.70. The van der Waals surface area contributed by atoms with Crippen LogP contribution in [-0.4, -0.2) is 42.5 Å². The first-order valence-electron chi connectivity index (χ1n) is 8.61. The van der Waals surface area contributed by atoms with Crippen molar-refractivity contribution >= 4 is 11.3 Å². The van der Waals surface area contributed by atoms with Crippen LogP contribution in [0.5, 0.6) is 0 Å². The van der Waals surface area contributed by atoms with Crippen LogP contribution in [0.3, 0.4) is 0 Å². The maximum absolute atomic E-state index is 4.70. The van der Waals surface area contributed by atoms with Crippen LogP contribution in [-0.2, 0) is 13.6 Å². The number of aryl methyl sites for hydroxylation is 1. The molecule has 0 atom stereocenters. The molecule has 1 fully saturated rings. The van der Waals surface area contributed by atoms with Crippen LogP contribution < -0.4 is 0 Å². The topological polar surface area (TPSA) is 59.7 Å². The lowest BCUT2D eigenvalue weighted by molar-refractivity contribution is 0.201. The minimum atomic E-state index is 0.450. The van der Waals surface area contributed by atoms with E-state index in [0.29, 0.717) is 5.92 Å². The van der Waals surface area contributed by atoms with Crippen molar-refractivity contribution in [3.63, 3.8) is 0 Å². The van der Waals surface area contributed by atoms with Gasteiger partial charge in [-0.25, -0.2) is 9.97 Å². The van der Waals surface area contributed by atoms with Crippen molar-refractivity contribution in [3.05, 3.63) is 46.7 Å².